The van der Waals surface area contributed by atoms with E-state index in [1.54, 1.807) is 6.20 Å². The zero-order chi connectivity index (χ0) is 12.9. The molecular weight excluding hydrogens is 216 g/mol. The first kappa shape index (κ1) is 13.5. The molecule has 1 aromatic rings. The van der Waals surface area contributed by atoms with Crippen LogP contribution in [-0.4, -0.2) is 28.6 Å². The Morgan fingerprint density at radius 3 is 2.65 bits per heavy atom. The molecule has 0 spiro atoms. The SMILES string of the molecule is CC(C)(C)Nc1ncc(N)c(NCCCN)n1. The third kappa shape index (κ3) is 4.86. The van der Waals surface area contributed by atoms with E-state index < -0.39 is 0 Å². The third-order valence-electron chi connectivity index (χ3n) is 1.98. The van der Waals surface area contributed by atoms with Crippen molar-refractivity contribution in [1.82, 2.24) is 9.97 Å². The lowest BCUT2D eigenvalue weighted by molar-refractivity contribution is 0.626. The van der Waals surface area contributed by atoms with Gasteiger partial charge in [0.15, 0.2) is 5.82 Å². The molecule has 0 saturated carbocycles. The maximum atomic E-state index is 5.79. The molecular formula is C11H22N6. The molecule has 0 atom stereocenters. The molecule has 0 saturated heterocycles. The quantitative estimate of drug-likeness (QED) is 0.571. The zero-order valence-corrected chi connectivity index (χ0v) is 10.7. The highest BCUT2D eigenvalue weighted by Crippen LogP contribution is 2.17. The van der Waals surface area contributed by atoms with Crippen LogP contribution in [0.1, 0.15) is 27.2 Å². The highest BCUT2D eigenvalue weighted by atomic mass is 15.2. The minimum absolute atomic E-state index is 0.0787. The summed E-state index contributed by atoms with van der Waals surface area (Å²) in [6, 6.07) is 0. The molecule has 1 rings (SSSR count). The second-order valence-electron chi connectivity index (χ2n) is 4.94. The number of rotatable bonds is 5. The average molecular weight is 238 g/mol. The molecule has 0 amide bonds. The summed E-state index contributed by atoms with van der Waals surface area (Å²) < 4.78 is 0. The minimum atomic E-state index is -0.0787. The molecule has 17 heavy (non-hydrogen) atoms. The molecule has 0 radical (unpaired) electrons. The summed E-state index contributed by atoms with van der Waals surface area (Å²) in [6.07, 6.45) is 2.48. The van der Waals surface area contributed by atoms with E-state index in [0.717, 1.165) is 13.0 Å². The standard InChI is InChI=1S/C11H22N6/c1-11(2,3)17-10-15-7-8(13)9(16-10)14-6-4-5-12/h7H,4-6,12-13H2,1-3H3,(H2,14,15,16,17). The Labute approximate surface area is 102 Å². The van der Waals surface area contributed by atoms with Crippen LogP contribution in [0.3, 0.4) is 0 Å². The molecule has 1 aromatic heterocycles. The Hall–Kier alpha value is -1.56. The van der Waals surface area contributed by atoms with Gasteiger partial charge in [-0.15, -0.1) is 0 Å². The Morgan fingerprint density at radius 2 is 2.06 bits per heavy atom. The molecule has 0 fully saturated rings. The summed E-state index contributed by atoms with van der Waals surface area (Å²) in [5, 5.41) is 6.34. The lowest BCUT2D eigenvalue weighted by Crippen LogP contribution is -2.27. The molecule has 0 aliphatic carbocycles. The Balaban J connectivity index is 2.72. The van der Waals surface area contributed by atoms with Gasteiger partial charge in [0, 0.05) is 12.1 Å². The summed E-state index contributed by atoms with van der Waals surface area (Å²) >= 11 is 0. The van der Waals surface area contributed by atoms with Gasteiger partial charge in [0.2, 0.25) is 5.95 Å². The van der Waals surface area contributed by atoms with Gasteiger partial charge in [-0.25, -0.2) is 4.98 Å². The predicted molar refractivity (Wildman–Crippen MR) is 72.0 cm³/mol. The van der Waals surface area contributed by atoms with Gasteiger partial charge in [-0.2, -0.15) is 4.98 Å². The van der Waals surface area contributed by atoms with Gasteiger partial charge in [-0.05, 0) is 33.7 Å². The van der Waals surface area contributed by atoms with Crippen molar-refractivity contribution in [3.63, 3.8) is 0 Å². The molecule has 0 aliphatic heterocycles. The van der Waals surface area contributed by atoms with Crippen molar-refractivity contribution in [3.05, 3.63) is 6.20 Å². The molecule has 0 aromatic carbocycles. The van der Waals surface area contributed by atoms with E-state index in [4.69, 9.17) is 11.5 Å². The summed E-state index contributed by atoms with van der Waals surface area (Å²) in [5.74, 6) is 1.22. The Morgan fingerprint density at radius 1 is 1.35 bits per heavy atom. The van der Waals surface area contributed by atoms with Gasteiger partial charge < -0.3 is 22.1 Å². The van der Waals surface area contributed by atoms with Crippen LogP contribution >= 0.6 is 0 Å². The van der Waals surface area contributed by atoms with Crippen molar-refractivity contribution in [2.24, 2.45) is 5.73 Å². The third-order valence-corrected chi connectivity index (χ3v) is 1.98. The van der Waals surface area contributed by atoms with Crippen LogP contribution in [0.2, 0.25) is 0 Å². The number of nitrogens with one attached hydrogen (secondary N) is 2. The smallest absolute Gasteiger partial charge is 0.225 e. The van der Waals surface area contributed by atoms with Crippen LogP contribution in [-0.2, 0) is 0 Å². The Kier molecular flexibility index (Phi) is 4.51. The van der Waals surface area contributed by atoms with Crippen molar-refractivity contribution in [2.45, 2.75) is 32.7 Å². The van der Waals surface area contributed by atoms with Crippen LogP contribution in [0.5, 0.6) is 0 Å². The van der Waals surface area contributed by atoms with Gasteiger partial charge in [-0.3, -0.25) is 0 Å². The van der Waals surface area contributed by atoms with Gasteiger partial charge in [-0.1, -0.05) is 0 Å². The predicted octanol–water partition coefficient (Wildman–Crippen LogP) is 1.03. The van der Waals surface area contributed by atoms with Crippen molar-refractivity contribution < 1.29 is 0 Å². The number of hydrogen-bond acceptors (Lipinski definition) is 6. The fourth-order valence-corrected chi connectivity index (χ4v) is 1.24. The average Bonchev–Trinajstić information content (AvgIpc) is 2.21. The normalized spacial score (nSPS) is 11.3. The lowest BCUT2D eigenvalue weighted by Gasteiger charge is -2.21. The van der Waals surface area contributed by atoms with E-state index >= 15 is 0 Å². The number of nitrogens with two attached hydrogens (primary N) is 2. The highest BCUT2D eigenvalue weighted by molar-refractivity contribution is 5.61. The van der Waals surface area contributed by atoms with Crippen molar-refractivity contribution in [2.75, 3.05) is 29.5 Å². The summed E-state index contributed by atoms with van der Waals surface area (Å²) in [4.78, 5) is 8.47. The molecule has 6 heteroatoms. The fourth-order valence-electron chi connectivity index (χ4n) is 1.24. The number of anilines is 3. The first-order valence-electron chi connectivity index (χ1n) is 5.77. The second kappa shape index (κ2) is 5.67. The van der Waals surface area contributed by atoms with Gasteiger partial charge in [0.05, 0.1) is 11.9 Å². The van der Waals surface area contributed by atoms with Gasteiger partial charge in [0.1, 0.15) is 0 Å². The lowest BCUT2D eigenvalue weighted by atomic mass is 10.1. The van der Waals surface area contributed by atoms with Gasteiger partial charge in [0.25, 0.3) is 0 Å². The maximum absolute atomic E-state index is 5.79. The number of nitrogens with zero attached hydrogens (tertiary/aromatic N) is 2. The van der Waals surface area contributed by atoms with Gasteiger partial charge >= 0.3 is 0 Å². The van der Waals surface area contributed by atoms with E-state index in [1.165, 1.54) is 0 Å². The first-order chi connectivity index (χ1) is 7.92. The first-order valence-corrected chi connectivity index (χ1v) is 5.77. The minimum Gasteiger partial charge on any atom is -0.394 e. The van der Waals surface area contributed by atoms with Crippen LogP contribution in [0, 0.1) is 0 Å². The zero-order valence-electron chi connectivity index (χ0n) is 10.7. The number of nitrogen functional groups attached to an aromatic ring is 1. The number of aromatic nitrogens is 2. The van der Waals surface area contributed by atoms with Crippen LogP contribution in [0.15, 0.2) is 6.20 Å². The molecule has 6 N–H and O–H groups in total. The van der Waals surface area contributed by atoms with Crippen LogP contribution in [0.4, 0.5) is 17.5 Å². The summed E-state index contributed by atoms with van der Waals surface area (Å²) in [5.41, 5.74) is 11.7. The summed E-state index contributed by atoms with van der Waals surface area (Å²) in [7, 11) is 0. The molecule has 1 heterocycles. The maximum Gasteiger partial charge on any atom is 0.225 e. The number of hydrogen-bond donors (Lipinski definition) is 4. The molecule has 96 valence electrons. The highest BCUT2D eigenvalue weighted by Gasteiger charge is 2.12. The van der Waals surface area contributed by atoms with Crippen LogP contribution in [0.25, 0.3) is 0 Å². The van der Waals surface area contributed by atoms with E-state index in [1.807, 2.05) is 20.8 Å². The van der Waals surface area contributed by atoms with Crippen molar-refractivity contribution in [1.29, 1.82) is 0 Å². The topological polar surface area (TPSA) is 102 Å². The van der Waals surface area contributed by atoms with E-state index in [2.05, 4.69) is 20.6 Å². The van der Waals surface area contributed by atoms with Crippen molar-refractivity contribution in [3.8, 4) is 0 Å². The molecule has 0 unspecified atom stereocenters. The van der Waals surface area contributed by atoms with E-state index in [-0.39, 0.29) is 5.54 Å². The summed E-state index contributed by atoms with van der Waals surface area (Å²) in [6.45, 7) is 7.55. The van der Waals surface area contributed by atoms with Crippen molar-refractivity contribution >= 4 is 17.5 Å². The molecule has 6 nitrogen and oxygen atoms in total. The molecule has 0 bridgehead atoms. The fraction of sp³-hybridized carbons (Fsp3) is 0.636. The van der Waals surface area contributed by atoms with E-state index in [9.17, 15) is 0 Å². The van der Waals surface area contributed by atoms with Crippen LogP contribution < -0.4 is 22.1 Å². The second-order valence-corrected chi connectivity index (χ2v) is 4.94. The largest absolute Gasteiger partial charge is 0.394 e. The molecule has 0 aliphatic rings. The Bertz CT molecular complexity index is 357. The monoisotopic (exact) mass is 238 g/mol. The van der Waals surface area contributed by atoms with E-state index in [0.29, 0.717) is 24.0 Å².